The molecule has 0 spiro atoms. The van der Waals surface area contributed by atoms with E-state index in [1.165, 1.54) is 16.9 Å². The number of anilines is 1. The molecule has 1 aliphatic carbocycles. The summed E-state index contributed by atoms with van der Waals surface area (Å²) in [6, 6.07) is 8.26. The molecule has 2 aromatic heterocycles. The molecule has 4 rings (SSSR count). The zero-order valence-corrected chi connectivity index (χ0v) is 14.0. The molecule has 124 valence electrons. The first-order valence-corrected chi connectivity index (χ1v) is 8.43. The van der Waals surface area contributed by atoms with Gasteiger partial charge in [0.05, 0.1) is 12.1 Å². The fourth-order valence-electron chi connectivity index (χ4n) is 3.26. The Morgan fingerprint density at radius 3 is 2.92 bits per heavy atom. The Balaban J connectivity index is 1.60. The first-order chi connectivity index (χ1) is 11.8. The minimum Gasteiger partial charge on any atom is -0.375 e. The number of H-pyrrole nitrogens is 1. The molecule has 0 aliphatic heterocycles. The SMILES string of the molecule is CCN(C)c1ccc(-c2noc(C3CCCc4[nH]ncc43)n2)cc1. The number of hydrogen-bond donors (Lipinski definition) is 1. The Bertz CT molecular complexity index is 820. The summed E-state index contributed by atoms with van der Waals surface area (Å²) in [4.78, 5) is 6.83. The molecule has 1 aromatic carbocycles. The van der Waals surface area contributed by atoms with E-state index in [-0.39, 0.29) is 5.92 Å². The van der Waals surface area contributed by atoms with Crippen molar-refractivity contribution in [3.63, 3.8) is 0 Å². The van der Waals surface area contributed by atoms with Gasteiger partial charge in [-0.25, -0.2) is 0 Å². The summed E-state index contributed by atoms with van der Waals surface area (Å²) in [5.41, 5.74) is 4.54. The van der Waals surface area contributed by atoms with Crippen LogP contribution in [-0.4, -0.2) is 33.9 Å². The summed E-state index contributed by atoms with van der Waals surface area (Å²) >= 11 is 0. The summed E-state index contributed by atoms with van der Waals surface area (Å²) < 4.78 is 5.57. The molecule has 0 bridgehead atoms. The average molecular weight is 323 g/mol. The van der Waals surface area contributed by atoms with Crippen molar-refractivity contribution in [1.29, 1.82) is 0 Å². The van der Waals surface area contributed by atoms with E-state index in [0.29, 0.717) is 11.7 Å². The minimum atomic E-state index is 0.152. The topological polar surface area (TPSA) is 70.8 Å². The van der Waals surface area contributed by atoms with Gasteiger partial charge in [-0.15, -0.1) is 0 Å². The number of benzene rings is 1. The molecule has 1 aliphatic rings. The van der Waals surface area contributed by atoms with E-state index in [2.05, 4.69) is 51.3 Å². The maximum absolute atomic E-state index is 5.57. The molecule has 0 amide bonds. The maximum atomic E-state index is 5.57. The largest absolute Gasteiger partial charge is 0.375 e. The van der Waals surface area contributed by atoms with E-state index >= 15 is 0 Å². The van der Waals surface area contributed by atoms with Crippen molar-refractivity contribution in [3.8, 4) is 11.4 Å². The Morgan fingerprint density at radius 1 is 1.29 bits per heavy atom. The van der Waals surface area contributed by atoms with Crippen LogP contribution in [-0.2, 0) is 6.42 Å². The highest BCUT2D eigenvalue weighted by atomic mass is 16.5. The molecule has 6 nitrogen and oxygen atoms in total. The smallest absolute Gasteiger partial charge is 0.234 e. The summed E-state index contributed by atoms with van der Waals surface area (Å²) in [6.45, 7) is 3.11. The first kappa shape index (κ1) is 14.9. The number of nitrogens with one attached hydrogen (secondary N) is 1. The Morgan fingerprint density at radius 2 is 2.12 bits per heavy atom. The molecule has 0 radical (unpaired) electrons. The van der Waals surface area contributed by atoms with Crippen molar-refractivity contribution < 1.29 is 4.52 Å². The number of aryl methyl sites for hydroxylation is 1. The van der Waals surface area contributed by atoms with Gasteiger partial charge in [0.2, 0.25) is 11.7 Å². The lowest BCUT2D eigenvalue weighted by atomic mass is 9.87. The van der Waals surface area contributed by atoms with Crippen molar-refractivity contribution in [2.24, 2.45) is 0 Å². The zero-order chi connectivity index (χ0) is 16.5. The highest BCUT2D eigenvalue weighted by Gasteiger charge is 2.28. The van der Waals surface area contributed by atoms with Crippen molar-refractivity contribution >= 4 is 5.69 Å². The quantitative estimate of drug-likeness (QED) is 0.797. The van der Waals surface area contributed by atoms with Gasteiger partial charge in [0, 0.05) is 36.1 Å². The molecule has 0 fully saturated rings. The normalized spacial score (nSPS) is 16.8. The predicted octanol–water partition coefficient (Wildman–Crippen LogP) is 3.38. The molecule has 3 aromatic rings. The number of rotatable bonds is 4. The molecule has 1 atom stereocenters. The van der Waals surface area contributed by atoms with Gasteiger partial charge in [0.15, 0.2) is 0 Å². The van der Waals surface area contributed by atoms with Crippen molar-refractivity contribution in [1.82, 2.24) is 20.3 Å². The van der Waals surface area contributed by atoms with Crippen LogP contribution in [0.1, 0.15) is 42.8 Å². The van der Waals surface area contributed by atoms with E-state index in [1.54, 1.807) is 0 Å². The summed E-state index contributed by atoms with van der Waals surface area (Å²) in [5.74, 6) is 1.48. The van der Waals surface area contributed by atoms with Crippen LogP contribution >= 0.6 is 0 Å². The number of aromatic nitrogens is 4. The number of nitrogens with zero attached hydrogens (tertiary/aromatic N) is 4. The second-order valence-electron chi connectivity index (χ2n) is 6.27. The number of fused-ring (bicyclic) bond motifs is 1. The lowest BCUT2D eigenvalue weighted by Crippen LogP contribution is -2.15. The third-order valence-corrected chi connectivity index (χ3v) is 4.83. The Kier molecular flexibility index (Phi) is 3.80. The van der Waals surface area contributed by atoms with Crippen LogP contribution in [0.15, 0.2) is 35.0 Å². The van der Waals surface area contributed by atoms with Gasteiger partial charge in [-0.1, -0.05) is 5.16 Å². The highest BCUT2D eigenvalue weighted by Crippen LogP contribution is 2.35. The van der Waals surface area contributed by atoms with Crippen LogP contribution in [0.25, 0.3) is 11.4 Å². The summed E-state index contributed by atoms with van der Waals surface area (Å²) in [7, 11) is 2.08. The second kappa shape index (κ2) is 6.11. The molecule has 0 saturated heterocycles. The molecule has 0 saturated carbocycles. The molecule has 24 heavy (non-hydrogen) atoms. The minimum absolute atomic E-state index is 0.152. The van der Waals surface area contributed by atoms with Gasteiger partial charge in [-0.3, -0.25) is 5.10 Å². The van der Waals surface area contributed by atoms with Crippen LogP contribution in [0.3, 0.4) is 0 Å². The molecular formula is C18H21N5O. The Hall–Kier alpha value is -2.63. The summed E-state index contributed by atoms with van der Waals surface area (Å²) in [5, 5.41) is 11.4. The predicted molar refractivity (Wildman–Crippen MR) is 92.0 cm³/mol. The Labute approximate surface area is 140 Å². The van der Waals surface area contributed by atoms with Crippen LogP contribution in [0.4, 0.5) is 5.69 Å². The van der Waals surface area contributed by atoms with E-state index < -0.39 is 0 Å². The van der Waals surface area contributed by atoms with Crippen LogP contribution in [0.2, 0.25) is 0 Å². The van der Waals surface area contributed by atoms with Gasteiger partial charge < -0.3 is 9.42 Å². The number of hydrogen-bond acceptors (Lipinski definition) is 5. The monoisotopic (exact) mass is 323 g/mol. The zero-order valence-electron chi connectivity index (χ0n) is 14.0. The molecule has 6 heteroatoms. The van der Waals surface area contributed by atoms with Crippen molar-refractivity contribution in [2.45, 2.75) is 32.1 Å². The van der Waals surface area contributed by atoms with E-state index in [1.807, 2.05) is 18.3 Å². The molecule has 1 unspecified atom stereocenters. The van der Waals surface area contributed by atoms with E-state index in [9.17, 15) is 0 Å². The summed E-state index contributed by atoms with van der Waals surface area (Å²) in [6.07, 6.45) is 5.06. The van der Waals surface area contributed by atoms with E-state index in [4.69, 9.17) is 4.52 Å². The van der Waals surface area contributed by atoms with Gasteiger partial charge in [-0.2, -0.15) is 10.1 Å². The third-order valence-electron chi connectivity index (χ3n) is 4.83. The van der Waals surface area contributed by atoms with Gasteiger partial charge in [-0.05, 0) is 50.5 Å². The van der Waals surface area contributed by atoms with E-state index in [0.717, 1.165) is 31.4 Å². The van der Waals surface area contributed by atoms with Gasteiger partial charge in [0.1, 0.15) is 0 Å². The maximum Gasteiger partial charge on any atom is 0.234 e. The molecule has 1 N–H and O–H groups in total. The second-order valence-corrected chi connectivity index (χ2v) is 6.27. The van der Waals surface area contributed by atoms with Gasteiger partial charge in [0.25, 0.3) is 0 Å². The lowest BCUT2D eigenvalue weighted by Gasteiger charge is -2.17. The van der Waals surface area contributed by atoms with Gasteiger partial charge >= 0.3 is 0 Å². The molecule has 2 heterocycles. The number of aromatic amines is 1. The standard InChI is InChI=1S/C18H21N5O/c1-3-23(2)13-9-7-12(8-10-13)17-20-18(24-22-17)14-5-4-6-16-15(14)11-19-21-16/h7-11,14H,3-6H2,1-2H3,(H,19,21). The lowest BCUT2D eigenvalue weighted by molar-refractivity contribution is 0.354. The van der Waals surface area contributed by atoms with Crippen molar-refractivity contribution in [3.05, 3.63) is 47.6 Å². The first-order valence-electron chi connectivity index (χ1n) is 8.43. The van der Waals surface area contributed by atoms with Crippen LogP contribution in [0.5, 0.6) is 0 Å². The fourth-order valence-corrected chi connectivity index (χ4v) is 3.26. The third kappa shape index (κ3) is 2.58. The van der Waals surface area contributed by atoms with Crippen LogP contribution < -0.4 is 4.90 Å². The van der Waals surface area contributed by atoms with Crippen molar-refractivity contribution in [2.75, 3.05) is 18.5 Å². The molecular weight excluding hydrogens is 302 g/mol. The fraction of sp³-hybridized carbons (Fsp3) is 0.389. The highest BCUT2D eigenvalue weighted by molar-refractivity contribution is 5.60. The van der Waals surface area contributed by atoms with Crippen LogP contribution in [0, 0.1) is 0 Å². The average Bonchev–Trinajstić information content (AvgIpc) is 3.30.